The molecule has 1 heterocycles. The quantitative estimate of drug-likeness (QED) is 0.538. The number of ether oxygens (including phenoxy) is 1. The molecule has 1 N–H and O–H groups in total. The van der Waals surface area contributed by atoms with Gasteiger partial charge in [0.15, 0.2) is 0 Å². The van der Waals surface area contributed by atoms with Crippen molar-refractivity contribution >= 4 is 71.3 Å². The molecule has 1 aliphatic rings. The topological polar surface area (TPSA) is 21.3 Å². The number of benzene rings is 1. The van der Waals surface area contributed by atoms with E-state index in [1.54, 1.807) is 15.7 Å². The van der Waals surface area contributed by atoms with Crippen molar-refractivity contribution < 1.29 is 13.5 Å². The maximum atomic E-state index is 14.1. The maximum Gasteiger partial charge on any atom is 0.148 e. The van der Waals surface area contributed by atoms with Crippen molar-refractivity contribution in [2.45, 2.75) is 16.8 Å². The highest BCUT2D eigenvalue weighted by atomic mass is 19.1. The Morgan fingerprint density at radius 1 is 0.850 bits per heavy atom. The van der Waals surface area contributed by atoms with Gasteiger partial charge >= 0.3 is 0 Å². The van der Waals surface area contributed by atoms with Crippen LogP contribution in [0.3, 0.4) is 0 Å². The van der Waals surface area contributed by atoms with Crippen molar-refractivity contribution in [1.82, 2.24) is 5.32 Å². The molecule has 2 nitrogen and oxygen atoms in total. The first-order valence-electron chi connectivity index (χ1n) is 6.90. The normalized spacial score (nSPS) is 20.3. The molecule has 11 heteroatoms. The summed E-state index contributed by atoms with van der Waals surface area (Å²) in [5, 5.41) is 2.95. The molecule has 1 saturated heterocycles. The van der Waals surface area contributed by atoms with Crippen LogP contribution in [-0.4, -0.2) is 71.7 Å². The molecule has 1 aromatic carbocycles. The summed E-state index contributed by atoms with van der Waals surface area (Å²) in [5.41, 5.74) is 0.803. The van der Waals surface area contributed by atoms with Gasteiger partial charge in [0.05, 0.1) is 0 Å². The fourth-order valence-electron chi connectivity index (χ4n) is 3.51. The molecule has 1 aliphatic heterocycles. The van der Waals surface area contributed by atoms with E-state index in [0.29, 0.717) is 16.7 Å². The number of nitrogens with one attached hydrogen (secondary N) is 1. The second-order valence-electron chi connectivity index (χ2n) is 6.90. The van der Waals surface area contributed by atoms with Gasteiger partial charge in [0.2, 0.25) is 0 Å². The first-order chi connectivity index (χ1) is 8.99. The fraction of sp³-hybridized carbons (Fsp3) is 0.333. The highest BCUT2D eigenvalue weighted by Crippen LogP contribution is 2.28. The zero-order valence-electron chi connectivity index (χ0n) is 13.2. The molecule has 0 saturated carbocycles. The van der Waals surface area contributed by atoms with E-state index in [-0.39, 0.29) is 22.2 Å². The van der Waals surface area contributed by atoms with Gasteiger partial charge in [-0.1, -0.05) is 0 Å². The Morgan fingerprint density at radius 3 is 1.60 bits per heavy atom. The smallest absolute Gasteiger partial charge is 0.148 e. The number of halogens is 2. The van der Waals surface area contributed by atoms with Crippen LogP contribution in [-0.2, 0) is 0 Å². The Bertz CT molecular complexity index is 537. The maximum absolute atomic E-state index is 14.1. The van der Waals surface area contributed by atoms with Gasteiger partial charge in [-0.15, -0.1) is 0 Å². The lowest BCUT2D eigenvalue weighted by Crippen LogP contribution is -2.86. The van der Waals surface area contributed by atoms with Crippen LogP contribution in [0.1, 0.15) is 0 Å². The summed E-state index contributed by atoms with van der Waals surface area (Å²) in [7, 11) is 12.8. The van der Waals surface area contributed by atoms with E-state index >= 15 is 0 Å². The fourth-order valence-corrected chi connectivity index (χ4v) is 3.51. The van der Waals surface area contributed by atoms with Crippen molar-refractivity contribution in [3.63, 3.8) is 0 Å². The van der Waals surface area contributed by atoms with Crippen LogP contribution in [0.2, 0.25) is 0 Å². The van der Waals surface area contributed by atoms with Crippen LogP contribution in [0.5, 0.6) is 5.75 Å². The molecule has 0 aliphatic carbocycles. The van der Waals surface area contributed by atoms with E-state index in [9.17, 15) is 8.78 Å². The average molecular weight is 268 g/mol. The summed E-state index contributed by atoms with van der Waals surface area (Å²) in [5.74, 6) is -0.713. The van der Waals surface area contributed by atoms with Crippen LogP contribution < -0.4 is 26.4 Å². The van der Waals surface area contributed by atoms with Crippen molar-refractivity contribution in [2.24, 2.45) is 0 Å². The molecular weight excluding hydrogens is 252 g/mol. The van der Waals surface area contributed by atoms with Gasteiger partial charge in [0, 0.05) is 0 Å². The van der Waals surface area contributed by atoms with Gasteiger partial charge < -0.3 is 10.1 Å². The Kier molecular flexibility index (Phi) is 3.65. The summed E-state index contributed by atoms with van der Waals surface area (Å²) >= 11 is 0. The zero-order chi connectivity index (χ0) is 15.5. The molecule has 2 rings (SSSR count). The molecule has 0 radical (unpaired) electrons. The van der Waals surface area contributed by atoms with Crippen LogP contribution in [0.15, 0.2) is 0 Å². The Hall–Kier alpha value is -0.705. The molecule has 0 unspecified atom stereocenters. The monoisotopic (exact) mass is 269 g/mol. The Morgan fingerprint density at radius 2 is 1.25 bits per heavy atom. The molecular formula is C9H16B7F2NO. The van der Waals surface area contributed by atoms with Gasteiger partial charge in [0.1, 0.15) is 78.4 Å². The lowest BCUT2D eigenvalue weighted by Gasteiger charge is -2.59. The predicted molar refractivity (Wildman–Crippen MR) is 98.1 cm³/mol. The van der Waals surface area contributed by atoms with Crippen molar-refractivity contribution in [2.75, 3.05) is 0 Å². The van der Waals surface area contributed by atoms with Crippen LogP contribution in [0.25, 0.3) is 0 Å². The standard InChI is InChI=1S/C9H16B7F2NO/c10-1-4(17)2(11)6(3(12)5(1)18)20-7-8(13,14)19-9(7,15)16/h7,19H,10-16H2. The van der Waals surface area contributed by atoms with Crippen LogP contribution >= 0.6 is 0 Å². The molecule has 20 heavy (non-hydrogen) atoms. The van der Waals surface area contributed by atoms with Crippen molar-refractivity contribution in [3.05, 3.63) is 11.6 Å². The Labute approximate surface area is 125 Å². The summed E-state index contributed by atoms with van der Waals surface area (Å²) in [6.45, 7) is 0. The van der Waals surface area contributed by atoms with Gasteiger partial charge in [-0.25, -0.2) is 8.78 Å². The largest absolute Gasteiger partial charge is 0.491 e. The van der Waals surface area contributed by atoms with E-state index in [1.807, 2.05) is 31.4 Å². The highest BCUT2D eigenvalue weighted by Gasteiger charge is 2.53. The van der Waals surface area contributed by atoms with E-state index in [1.165, 1.54) is 7.85 Å². The summed E-state index contributed by atoms with van der Waals surface area (Å²) < 4.78 is 34.1. The number of rotatable bonds is 2. The summed E-state index contributed by atoms with van der Waals surface area (Å²) in [6.07, 6.45) is -0.145. The van der Waals surface area contributed by atoms with Crippen LogP contribution in [0.4, 0.5) is 8.78 Å². The lowest BCUT2D eigenvalue weighted by atomic mass is 9.38. The van der Waals surface area contributed by atoms with Gasteiger partial charge in [0.25, 0.3) is 0 Å². The molecule has 0 spiro atoms. The van der Waals surface area contributed by atoms with E-state index < -0.39 is 11.6 Å². The van der Waals surface area contributed by atoms with E-state index in [2.05, 4.69) is 5.32 Å². The van der Waals surface area contributed by atoms with Crippen LogP contribution in [0, 0.1) is 11.6 Å². The summed E-state index contributed by atoms with van der Waals surface area (Å²) in [4.78, 5) is 0. The predicted octanol–water partition coefficient (Wildman–Crippen LogP) is -8.07. The van der Waals surface area contributed by atoms with Crippen molar-refractivity contribution in [3.8, 4) is 5.75 Å². The molecule has 0 aromatic heterocycles. The molecule has 1 fully saturated rings. The average Bonchev–Trinajstić information content (AvgIpc) is 2.32. The number of hydrogen-bond donors (Lipinski definition) is 1. The van der Waals surface area contributed by atoms with Gasteiger partial charge in [-0.3, -0.25) is 0 Å². The highest BCUT2D eigenvalue weighted by molar-refractivity contribution is 6.50. The number of hydrogen-bond acceptors (Lipinski definition) is 2. The van der Waals surface area contributed by atoms with Gasteiger partial charge in [-0.05, 0) is 27.1 Å². The van der Waals surface area contributed by atoms with Crippen molar-refractivity contribution in [1.29, 1.82) is 0 Å². The third kappa shape index (κ3) is 2.24. The molecule has 0 amide bonds. The van der Waals surface area contributed by atoms with E-state index in [4.69, 9.17) is 4.74 Å². The first-order valence-corrected chi connectivity index (χ1v) is 6.90. The summed E-state index contributed by atoms with van der Waals surface area (Å²) in [6, 6.07) is 0. The minimum Gasteiger partial charge on any atom is -0.491 e. The van der Waals surface area contributed by atoms with Gasteiger partial charge in [-0.2, -0.15) is 0 Å². The molecule has 98 valence electrons. The second-order valence-corrected chi connectivity index (χ2v) is 6.90. The molecule has 1 aromatic rings. The first kappa shape index (κ1) is 15.7. The lowest BCUT2D eigenvalue weighted by molar-refractivity contribution is 0.0630. The third-order valence-electron chi connectivity index (χ3n) is 4.19. The minimum atomic E-state index is -0.522. The molecule has 0 atom stereocenters. The third-order valence-corrected chi connectivity index (χ3v) is 4.19. The Balaban J connectivity index is 2.45. The second kappa shape index (κ2) is 4.65. The SMILES string of the molecule is Bc1c(F)c(B)c(OC2C(B)(B)NC2(B)B)c(B)c1F. The minimum absolute atomic E-state index is 0.0533. The zero-order valence-corrected chi connectivity index (χ0v) is 13.2. The molecule has 0 bridgehead atoms. The van der Waals surface area contributed by atoms with E-state index in [0.717, 1.165) is 0 Å².